The molecule has 2 aromatic heterocycles. The van der Waals surface area contributed by atoms with Crippen LogP contribution in [0.5, 0.6) is 0 Å². The highest BCUT2D eigenvalue weighted by Gasteiger charge is 2.03. The number of rotatable bonds is 2. The summed E-state index contributed by atoms with van der Waals surface area (Å²) < 4.78 is 2.79. The summed E-state index contributed by atoms with van der Waals surface area (Å²) in [6.45, 7) is 4.83. The number of aromatic amines is 1. The summed E-state index contributed by atoms with van der Waals surface area (Å²) in [4.78, 5) is 7.38. The van der Waals surface area contributed by atoms with Gasteiger partial charge in [-0.25, -0.2) is 0 Å². The molecule has 0 fully saturated rings. The van der Waals surface area contributed by atoms with Crippen LogP contribution in [0.1, 0.15) is 17.0 Å². The first kappa shape index (κ1) is 10.1. The largest absolute Gasteiger partial charge is 0.337 e. The fraction of sp³-hybridized carbons (Fsp3) is 0.273. The molecule has 0 saturated carbocycles. The average molecular weight is 219 g/mol. The molecule has 0 unspecified atom stereocenters. The van der Waals surface area contributed by atoms with Crippen LogP contribution < -0.4 is 0 Å². The summed E-state index contributed by atoms with van der Waals surface area (Å²) in [6, 6.07) is 4.01. The SMILES string of the molecule is Cc1cccnc1Cn1c(C)c[nH]c1=S. The molecule has 78 valence electrons. The molecule has 0 aliphatic carbocycles. The number of aryl methyl sites for hydroxylation is 2. The average Bonchev–Trinajstić information content (AvgIpc) is 2.53. The predicted molar refractivity (Wildman–Crippen MR) is 62.4 cm³/mol. The lowest BCUT2D eigenvalue weighted by atomic mass is 10.2. The van der Waals surface area contributed by atoms with Gasteiger partial charge in [-0.3, -0.25) is 4.98 Å². The Balaban J connectivity index is 2.38. The Morgan fingerprint density at radius 2 is 2.27 bits per heavy atom. The van der Waals surface area contributed by atoms with Gasteiger partial charge in [0.25, 0.3) is 0 Å². The van der Waals surface area contributed by atoms with Gasteiger partial charge in [0.1, 0.15) is 0 Å². The first-order valence-electron chi connectivity index (χ1n) is 4.84. The third-order valence-electron chi connectivity index (χ3n) is 2.50. The maximum atomic E-state index is 5.19. The first-order valence-corrected chi connectivity index (χ1v) is 5.24. The van der Waals surface area contributed by atoms with Gasteiger partial charge < -0.3 is 9.55 Å². The number of nitrogens with zero attached hydrogens (tertiary/aromatic N) is 2. The van der Waals surface area contributed by atoms with Gasteiger partial charge in [0.05, 0.1) is 12.2 Å². The van der Waals surface area contributed by atoms with Crippen LogP contribution in [0.15, 0.2) is 24.5 Å². The molecule has 0 aromatic carbocycles. The zero-order valence-corrected chi connectivity index (χ0v) is 9.64. The minimum atomic E-state index is 0.737. The second kappa shape index (κ2) is 3.98. The number of H-pyrrole nitrogens is 1. The lowest BCUT2D eigenvalue weighted by Gasteiger charge is -2.06. The molecule has 2 aromatic rings. The van der Waals surface area contributed by atoms with Crippen LogP contribution in [-0.4, -0.2) is 14.5 Å². The smallest absolute Gasteiger partial charge is 0.177 e. The molecule has 0 radical (unpaired) electrons. The third kappa shape index (κ3) is 1.99. The van der Waals surface area contributed by atoms with Crippen molar-refractivity contribution in [3.8, 4) is 0 Å². The Labute approximate surface area is 93.8 Å². The van der Waals surface area contributed by atoms with E-state index >= 15 is 0 Å². The van der Waals surface area contributed by atoms with Gasteiger partial charge in [0.15, 0.2) is 4.77 Å². The molecular weight excluding hydrogens is 206 g/mol. The van der Waals surface area contributed by atoms with Crippen molar-refractivity contribution in [2.24, 2.45) is 0 Å². The van der Waals surface area contributed by atoms with Gasteiger partial charge in [0.2, 0.25) is 0 Å². The van der Waals surface area contributed by atoms with Crippen molar-refractivity contribution < 1.29 is 0 Å². The van der Waals surface area contributed by atoms with Crippen molar-refractivity contribution in [3.63, 3.8) is 0 Å². The molecule has 0 aliphatic rings. The molecule has 0 spiro atoms. The van der Waals surface area contributed by atoms with Crippen LogP contribution in [-0.2, 0) is 6.54 Å². The summed E-state index contributed by atoms with van der Waals surface area (Å²) in [5.74, 6) is 0. The zero-order valence-electron chi connectivity index (χ0n) is 8.82. The van der Waals surface area contributed by atoms with Gasteiger partial charge in [0, 0.05) is 18.1 Å². The lowest BCUT2D eigenvalue weighted by molar-refractivity contribution is 0.733. The fourth-order valence-electron chi connectivity index (χ4n) is 1.51. The topological polar surface area (TPSA) is 33.6 Å². The second-order valence-corrected chi connectivity index (χ2v) is 3.98. The highest BCUT2D eigenvalue weighted by molar-refractivity contribution is 7.71. The first-order chi connectivity index (χ1) is 7.18. The molecule has 0 aliphatic heterocycles. The number of aromatic nitrogens is 3. The molecule has 4 heteroatoms. The number of pyridine rings is 1. The molecule has 0 saturated heterocycles. The van der Waals surface area contributed by atoms with Gasteiger partial charge >= 0.3 is 0 Å². The molecule has 3 nitrogen and oxygen atoms in total. The van der Waals surface area contributed by atoms with Gasteiger partial charge in [-0.05, 0) is 37.7 Å². The van der Waals surface area contributed by atoms with E-state index in [1.807, 2.05) is 30.0 Å². The highest BCUT2D eigenvalue weighted by Crippen LogP contribution is 2.08. The molecular formula is C11H13N3S. The van der Waals surface area contributed by atoms with Crippen molar-refractivity contribution in [1.29, 1.82) is 0 Å². The van der Waals surface area contributed by atoms with E-state index in [0.717, 1.165) is 22.7 Å². The van der Waals surface area contributed by atoms with Crippen molar-refractivity contribution >= 4 is 12.2 Å². The van der Waals surface area contributed by atoms with Crippen LogP contribution in [0.4, 0.5) is 0 Å². The fourth-order valence-corrected chi connectivity index (χ4v) is 1.78. The Kier molecular flexibility index (Phi) is 2.68. The van der Waals surface area contributed by atoms with Crippen LogP contribution in [0, 0.1) is 18.6 Å². The van der Waals surface area contributed by atoms with E-state index in [-0.39, 0.29) is 0 Å². The predicted octanol–water partition coefficient (Wildman–Crippen LogP) is 2.61. The summed E-state index contributed by atoms with van der Waals surface area (Å²) in [5.41, 5.74) is 3.39. The Hall–Kier alpha value is -1.42. The summed E-state index contributed by atoms with van der Waals surface area (Å²) >= 11 is 5.19. The molecule has 1 N–H and O–H groups in total. The molecule has 15 heavy (non-hydrogen) atoms. The number of hydrogen-bond donors (Lipinski definition) is 1. The summed E-state index contributed by atoms with van der Waals surface area (Å²) in [5, 5.41) is 0. The molecule has 0 amide bonds. The van der Waals surface area contributed by atoms with Crippen molar-refractivity contribution in [1.82, 2.24) is 14.5 Å². The minimum Gasteiger partial charge on any atom is -0.337 e. The van der Waals surface area contributed by atoms with Crippen molar-refractivity contribution in [2.75, 3.05) is 0 Å². The number of nitrogens with one attached hydrogen (secondary N) is 1. The summed E-state index contributed by atoms with van der Waals surface area (Å²) in [6.07, 6.45) is 3.73. The molecule has 0 bridgehead atoms. The lowest BCUT2D eigenvalue weighted by Crippen LogP contribution is -2.05. The van der Waals surface area contributed by atoms with Crippen LogP contribution in [0.25, 0.3) is 0 Å². The third-order valence-corrected chi connectivity index (χ3v) is 2.84. The van der Waals surface area contributed by atoms with Crippen LogP contribution in [0.3, 0.4) is 0 Å². The van der Waals surface area contributed by atoms with Crippen LogP contribution >= 0.6 is 12.2 Å². The van der Waals surface area contributed by atoms with E-state index in [1.165, 1.54) is 5.56 Å². The van der Waals surface area contributed by atoms with Crippen molar-refractivity contribution in [2.45, 2.75) is 20.4 Å². The molecule has 0 atom stereocenters. The maximum absolute atomic E-state index is 5.19. The van der Waals surface area contributed by atoms with E-state index in [9.17, 15) is 0 Å². The van der Waals surface area contributed by atoms with Crippen LogP contribution in [0.2, 0.25) is 0 Å². The van der Waals surface area contributed by atoms with Gasteiger partial charge in [-0.2, -0.15) is 0 Å². The standard InChI is InChI=1S/C11H13N3S/c1-8-4-3-5-12-10(8)7-14-9(2)6-13-11(14)15/h3-6H,7H2,1-2H3,(H,13,15). The number of imidazole rings is 1. The van der Waals surface area contributed by atoms with Crippen molar-refractivity contribution in [3.05, 3.63) is 46.2 Å². The van der Waals surface area contributed by atoms with Gasteiger partial charge in [-0.1, -0.05) is 6.07 Å². The summed E-state index contributed by atoms with van der Waals surface area (Å²) in [7, 11) is 0. The quantitative estimate of drug-likeness (QED) is 0.788. The van der Waals surface area contributed by atoms with E-state index in [4.69, 9.17) is 12.2 Å². The molecule has 2 heterocycles. The Bertz CT molecular complexity index is 525. The maximum Gasteiger partial charge on any atom is 0.177 e. The van der Waals surface area contributed by atoms with E-state index in [1.54, 1.807) is 0 Å². The number of hydrogen-bond acceptors (Lipinski definition) is 2. The molecule has 2 rings (SSSR count). The monoisotopic (exact) mass is 219 g/mol. The minimum absolute atomic E-state index is 0.737. The normalized spacial score (nSPS) is 10.5. The second-order valence-electron chi connectivity index (χ2n) is 3.59. The zero-order chi connectivity index (χ0) is 10.8. The highest BCUT2D eigenvalue weighted by atomic mass is 32.1. The van der Waals surface area contributed by atoms with Gasteiger partial charge in [-0.15, -0.1) is 0 Å². The van der Waals surface area contributed by atoms with E-state index in [0.29, 0.717) is 0 Å². The van der Waals surface area contributed by atoms with E-state index in [2.05, 4.69) is 23.0 Å². The Morgan fingerprint density at radius 3 is 2.87 bits per heavy atom. The Morgan fingerprint density at radius 1 is 1.47 bits per heavy atom. The van der Waals surface area contributed by atoms with E-state index < -0.39 is 0 Å².